The predicted octanol–water partition coefficient (Wildman–Crippen LogP) is 8.57. The maximum absolute atomic E-state index is 12.6. The van der Waals surface area contributed by atoms with Crippen LogP contribution in [0.15, 0.2) is 36.5 Å². The smallest absolute Gasteiger partial charge is 0.306 e. The number of esters is 2. The zero-order chi connectivity index (χ0) is 36.4. The van der Waals surface area contributed by atoms with Gasteiger partial charge in [-0.2, -0.15) is 0 Å². The minimum Gasteiger partial charge on any atom is -0.544 e. The second kappa shape index (κ2) is 32.7. The number of likely N-dealkylation sites (N-methyl/N-ethyl adjacent to an activating group) is 1. The average Bonchev–Trinajstić information content (AvgIpc) is 3.05. The monoisotopic (exact) mass is 692 g/mol. The number of ether oxygens (including phenoxy) is 3. The number of carboxylic acids is 1. The number of hydrogen-bond donors (Lipinski definition) is 0. The molecule has 0 fully saturated rings. The van der Waals surface area contributed by atoms with Crippen LogP contribution >= 0.6 is 0 Å². The second-order valence-corrected chi connectivity index (χ2v) is 14.2. The Bertz CT molecular complexity index is 906. The summed E-state index contributed by atoms with van der Waals surface area (Å²) in [6, 6.07) is -0.729. The van der Waals surface area contributed by atoms with Crippen molar-refractivity contribution < 1.29 is 38.2 Å². The van der Waals surface area contributed by atoms with Gasteiger partial charge in [0, 0.05) is 19.3 Å². The van der Waals surface area contributed by atoms with Gasteiger partial charge in [0.05, 0.1) is 40.3 Å². The molecule has 0 aromatic carbocycles. The topological polar surface area (TPSA) is 102 Å². The maximum atomic E-state index is 12.6. The van der Waals surface area contributed by atoms with Gasteiger partial charge < -0.3 is 28.6 Å². The number of quaternary nitrogens is 1. The molecule has 0 amide bonds. The first-order valence-corrected chi connectivity index (χ1v) is 19.5. The molecule has 0 aliphatic carbocycles. The lowest BCUT2D eigenvalue weighted by Gasteiger charge is -2.34. The summed E-state index contributed by atoms with van der Waals surface area (Å²) >= 11 is 0. The highest BCUT2D eigenvalue weighted by molar-refractivity contribution is 5.70. The number of carbonyl (C=O) groups is 3. The van der Waals surface area contributed by atoms with Gasteiger partial charge in [0.1, 0.15) is 12.6 Å². The number of carbonyl (C=O) groups excluding carboxylic acids is 3. The van der Waals surface area contributed by atoms with E-state index in [1.165, 1.54) is 77.0 Å². The highest BCUT2D eigenvalue weighted by Crippen LogP contribution is 2.12. The summed E-state index contributed by atoms with van der Waals surface area (Å²) in [5.74, 6) is -1.81. The van der Waals surface area contributed by atoms with Gasteiger partial charge in [0.2, 0.25) is 0 Å². The number of allylic oxidation sites excluding steroid dienone is 6. The van der Waals surface area contributed by atoms with Crippen LogP contribution in [-0.2, 0) is 28.6 Å². The fraction of sp³-hybridized carbons (Fsp3) is 0.780. The number of nitrogens with zero attached hydrogens (tertiary/aromatic N) is 1. The standard InChI is InChI=1S/C41H73NO7/c1-6-8-10-12-14-16-17-18-19-20-21-22-23-24-26-27-29-31-39(43)48-36-37(35-47-34-33-38(41(45)46)42(3,4)5)49-40(44)32-30-28-25-15-13-11-9-7-2/h18-19,21-22,24,26,37-38H,6-17,20,23,25,27-36H2,1-5H3/b19-18+,22-21+,26-24+. The Morgan fingerprint density at radius 3 is 1.65 bits per heavy atom. The molecule has 0 aliphatic rings. The molecule has 0 heterocycles. The SMILES string of the molecule is CCCCCCCC/C=C/C/C=C/C/C=C/CCCC(=O)OCC(COCCC(C(=O)[O-])[N+](C)(C)C)OC(=O)CCCCCCCCCC. The van der Waals surface area contributed by atoms with Crippen LogP contribution < -0.4 is 5.11 Å². The summed E-state index contributed by atoms with van der Waals surface area (Å²) in [5, 5.41) is 11.6. The lowest BCUT2D eigenvalue weighted by molar-refractivity contribution is -0.889. The van der Waals surface area contributed by atoms with Crippen molar-refractivity contribution in [2.24, 2.45) is 0 Å². The van der Waals surface area contributed by atoms with Gasteiger partial charge in [-0.15, -0.1) is 0 Å². The van der Waals surface area contributed by atoms with E-state index >= 15 is 0 Å². The molecule has 0 saturated carbocycles. The molecule has 284 valence electrons. The quantitative estimate of drug-likeness (QED) is 0.0288. The van der Waals surface area contributed by atoms with E-state index in [1.54, 1.807) is 21.1 Å². The Labute approximate surface area is 300 Å². The molecular weight excluding hydrogens is 618 g/mol. The van der Waals surface area contributed by atoms with Crippen LogP contribution in [0.3, 0.4) is 0 Å². The second-order valence-electron chi connectivity index (χ2n) is 14.2. The molecule has 0 saturated heterocycles. The summed E-state index contributed by atoms with van der Waals surface area (Å²) in [6.07, 6.45) is 34.7. The van der Waals surface area contributed by atoms with E-state index in [2.05, 4.69) is 50.3 Å². The number of unbranched alkanes of at least 4 members (excludes halogenated alkanes) is 14. The molecule has 0 aromatic rings. The lowest BCUT2D eigenvalue weighted by Crippen LogP contribution is -2.55. The third-order valence-electron chi connectivity index (χ3n) is 8.53. The van der Waals surface area contributed by atoms with Gasteiger partial charge in [-0.3, -0.25) is 9.59 Å². The first-order valence-electron chi connectivity index (χ1n) is 19.5. The van der Waals surface area contributed by atoms with Gasteiger partial charge in [-0.25, -0.2) is 0 Å². The fourth-order valence-electron chi connectivity index (χ4n) is 5.44. The third kappa shape index (κ3) is 31.3. The van der Waals surface area contributed by atoms with Gasteiger partial charge in [0.25, 0.3) is 0 Å². The number of aliphatic carboxylic acids is 1. The Morgan fingerprint density at radius 2 is 1.10 bits per heavy atom. The maximum Gasteiger partial charge on any atom is 0.306 e. The first-order chi connectivity index (χ1) is 23.6. The molecule has 8 nitrogen and oxygen atoms in total. The van der Waals surface area contributed by atoms with E-state index in [1.807, 2.05) is 0 Å². The molecule has 2 unspecified atom stereocenters. The van der Waals surface area contributed by atoms with Crippen LogP contribution in [0.4, 0.5) is 0 Å². The molecule has 49 heavy (non-hydrogen) atoms. The van der Waals surface area contributed by atoms with E-state index in [0.29, 0.717) is 12.8 Å². The van der Waals surface area contributed by atoms with Crippen molar-refractivity contribution in [1.29, 1.82) is 0 Å². The number of hydrogen-bond acceptors (Lipinski definition) is 7. The van der Waals surface area contributed by atoms with Crippen molar-refractivity contribution in [1.82, 2.24) is 0 Å². The van der Waals surface area contributed by atoms with E-state index < -0.39 is 18.1 Å². The predicted molar refractivity (Wildman–Crippen MR) is 199 cm³/mol. The van der Waals surface area contributed by atoms with Crippen molar-refractivity contribution >= 4 is 17.9 Å². The minimum absolute atomic E-state index is 0.0263. The van der Waals surface area contributed by atoms with E-state index in [4.69, 9.17) is 14.2 Å². The summed E-state index contributed by atoms with van der Waals surface area (Å²) in [6.45, 7) is 4.55. The Balaban J connectivity index is 4.43. The zero-order valence-corrected chi connectivity index (χ0v) is 32.1. The molecule has 0 aromatic heterocycles. The molecule has 0 N–H and O–H groups in total. The molecule has 0 aliphatic heterocycles. The third-order valence-corrected chi connectivity index (χ3v) is 8.53. The molecule has 8 heteroatoms. The van der Waals surface area contributed by atoms with Gasteiger partial charge in [-0.05, 0) is 44.9 Å². The Hall–Kier alpha value is -2.45. The molecule has 2 atom stereocenters. The van der Waals surface area contributed by atoms with Crippen LogP contribution in [0.25, 0.3) is 0 Å². The number of carboxylic acid groups (broad SMARTS) is 1. The Morgan fingerprint density at radius 1 is 0.612 bits per heavy atom. The van der Waals surface area contributed by atoms with Crippen molar-refractivity contribution in [3.63, 3.8) is 0 Å². The van der Waals surface area contributed by atoms with Crippen LogP contribution in [0.2, 0.25) is 0 Å². The number of rotatable bonds is 34. The molecule has 0 radical (unpaired) electrons. The van der Waals surface area contributed by atoms with Crippen LogP contribution in [0.5, 0.6) is 0 Å². The Kier molecular flexibility index (Phi) is 31.1. The van der Waals surface area contributed by atoms with Gasteiger partial charge in [-0.1, -0.05) is 127 Å². The molecule has 0 rings (SSSR count). The minimum atomic E-state index is -1.13. The highest BCUT2D eigenvalue weighted by Gasteiger charge is 2.25. The molecular formula is C41H73NO7. The lowest BCUT2D eigenvalue weighted by atomic mass is 10.1. The van der Waals surface area contributed by atoms with Crippen molar-refractivity contribution in [3.05, 3.63) is 36.5 Å². The molecule has 0 spiro atoms. The van der Waals surface area contributed by atoms with Gasteiger partial charge in [0.15, 0.2) is 6.10 Å². The van der Waals surface area contributed by atoms with E-state index in [9.17, 15) is 19.5 Å². The largest absolute Gasteiger partial charge is 0.544 e. The zero-order valence-electron chi connectivity index (χ0n) is 32.1. The van der Waals surface area contributed by atoms with Crippen molar-refractivity contribution in [3.8, 4) is 0 Å². The summed E-state index contributed by atoms with van der Waals surface area (Å²) < 4.78 is 17.0. The first kappa shape index (κ1) is 46.5. The van der Waals surface area contributed by atoms with E-state index in [-0.39, 0.29) is 49.1 Å². The van der Waals surface area contributed by atoms with Crippen LogP contribution in [0.1, 0.15) is 155 Å². The summed E-state index contributed by atoms with van der Waals surface area (Å²) in [7, 11) is 5.38. The fourth-order valence-corrected chi connectivity index (χ4v) is 5.44. The highest BCUT2D eigenvalue weighted by atomic mass is 16.6. The summed E-state index contributed by atoms with van der Waals surface area (Å²) in [5.41, 5.74) is 0. The van der Waals surface area contributed by atoms with Gasteiger partial charge >= 0.3 is 11.9 Å². The normalized spacial score (nSPS) is 13.4. The van der Waals surface area contributed by atoms with E-state index in [0.717, 1.165) is 38.5 Å². The molecule has 0 bridgehead atoms. The van der Waals surface area contributed by atoms with Crippen LogP contribution in [-0.4, -0.2) is 75.5 Å². The van der Waals surface area contributed by atoms with Crippen molar-refractivity contribution in [2.45, 2.75) is 167 Å². The average molecular weight is 692 g/mol. The van der Waals surface area contributed by atoms with Crippen LogP contribution in [0, 0.1) is 0 Å². The van der Waals surface area contributed by atoms with Crippen molar-refractivity contribution in [2.75, 3.05) is 41.0 Å². The summed E-state index contributed by atoms with van der Waals surface area (Å²) in [4.78, 5) is 36.5.